The summed E-state index contributed by atoms with van der Waals surface area (Å²) in [4.78, 5) is 42.4. The van der Waals surface area contributed by atoms with Crippen LogP contribution < -0.4 is 0 Å². The topological polar surface area (TPSA) is 119 Å². The normalized spacial score (nSPS) is 8.35. The Balaban J connectivity index is -0.000000162. The van der Waals surface area contributed by atoms with Gasteiger partial charge in [-0.25, -0.2) is 19.2 Å². The molecule has 0 aliphatic carbocycles. The third-order valence-electron chi connectivity index (χ3n) is 2.74. The minimum atomic E-state index is -0.885. The van der Waals surface area contributed by atoms with E-state index in [2.05, 4.69) is 40.5 Å². The quantitative estimate of drug-likeness (QED) is 0.326. The van der Waals surface area contributed by atoms with E-state index in [0.717, 1.165) is 25.1 Å². The Labute approximate surface area is 185 Å². The summed E-state index contributed by atoms with van der Waals surface area (Å²) < 4.78 is 12.8. The molecule has 0 aromatic carbocycles. The van der Waals surface area contributed by atoms with E-state index in [-0.39, 0.29) is 11.9 Å². The van der Waals surface area contributed by atoms with Crippen LogP contribution in [0.2, 0.25) is 0 Å². The maximum absolute atomic E-state index is 10.3. The molecular formula is C22H37NO8. The smallest absolute Gasteiger partial charge is 0.332 e. The molecule has 31 heavy (non-hydrogen) atoms. The number of hydrogen-bond acceptors (Lipinski definition) is 8. The number of carboxylic acid groups (broad SMARTS) is 1. The Bertz CT molecular complexity index is 592. The lowest BCUT2D eigenvalue weighted by Crippen LogP contribution is -2.13. The Morgan fingerprint density at radius 2 is 1.45 bits per heavy atom. The van der Waals surface area contributed by atoms with Crippen molar-refractivity contribution in [2.45, 2.75) is 26.7 Å². The van der Waals surface area contributed by atoms with Crippen molar-refractivity contribution in [1.29, 1.82) is 0 Å². The third-order valence-corrected chi connectivity index (χ3v) is 2.74. The molecule has 0 bridgehead atoms. The van der Waals surface area contributed by atoms with Gasteiger partial charge in [-0.3, -0.25) is 0 Å². The van der Waals surface area contributed by atoms with Gasteiger partial charge in [0.15, 0.2) is 0 Å². The Morgan fingerprint density at radius 1 is 0.968 bits per heavy atom. The zero-order valence-corrected chi connectivity index (χ0v) is 19.6. The van der Waals surface area contributed by atoms with Crippen molar-refractivity contribution in [3.63, 3.8) is 0 Å². The number of rotatable bonds is 9. The Hall–Kier alpha value is -3.20. The largest absolute Gasteiger partial charge is 0.478 e. The van der Waals surface area contributed by atoms with Gasteiger partial charge in [-0.1, -0.05) is 26.3 Å². The number of carbonyl (C=O) groups excluding carboxylic acids is 3. The highest BCUT2D eigenvalue weighted by Gasteiger charge is 2.02. The highest BCUT2D eigenvalue weighted by atomic mass is 16.5. The molecule has 0 aliphatic heterocycles. The first-order valence-electron chi connectivity index (χ1n) is 9.13. The second-order valence-electron chi connectivity index (χ2n) is 5.77. The summed E-state index contributed by atoms with van der Waals surface area (Å²) in [6.07, 6.45) is 3.69. The van der Waals surface area contributed by atoms with Gasteiger partial charge < -0.3 is 24.2 Å². The third kappa shape index (κ3) is 34.7. The van der Waals surface area contributed by atoms with E-state index in [0.29, 0.717) is 24.2 Å². The van der Waals surface area contributed by atoms with Crippen molar-refractivity contribution in [2.24, 2.45) is 0 Å². The first-order valence-corrected chi connectivity index (χ1v) is 9.13. The van der Waals surface area contributed by atoms with E-state index >= 15 is 0 Å². The van der Waals surface area contributed by atoms with Gasteiger partial charge in [0, 0.05) is 23.3 Å². The van der Waals surface area contributed by atoms with Gasteiger partial charge >= 0.3 is 23.9 Å². The Morgan fingerprint density at radius 3 is 1.61 bits per heavy atom. The monoisotopic (exact) mass is 443 g/mol. The number of methoxy groups -OCH3 is 2. The second-order valence-corrected chi connectivity index (χ2v) is 5.77. The lowest BCUT2D eigenvalue weighted by Gasteiger charge is -2.08. The lowest BCUT2D eigenvalue weighted by molar-refractivity contribution is -0.137. The predicted molar refractivity (Wildman–Crippen MR) is 120 cm³/mol. The van der Waals surface area contributed by atoms with E-state index in [9.17, 15) is 19.2 Å². The van der Waals surface area contributed by atoms with Crippen LogP contribution in [0.5, 0.6) is 0 Å². The SMILES string of the molecule is C=C(C)C(=O)OC.C=C(CCCN(C)C)C(=O)O.C=CC(=O)OC.C=CC(=O)OCC. The molecule has 0 unspecified atom stereocenters. The fourth-order valence-electron chi connectivity index (χ4n) is 1.17. The maximum Gasteiger partial charge on any atom is 0.332 e. The molecule has 0 aromatic heterocycles. The van der Waals surface area contributed by atoms with Crippen LogP contribution in [0, 0.1) is 0 Å². The van der Waals surface area contributed by atoms with Gasteiger partial charge in [0.25, 0.3) is 0 Å². The summed E-state index contributed by atoms with van der Waals surface area (Å²) in [7, 11) is 6.56. The van der Waals surface area contributed by atoms with Crippen molar-refractivity contribution < 1.29 is 38.5 Å². The van der Waals surface area contributed by atoms with E-state index in [4.69, 9.17) is 5.11 Å². The van der Waals surface area contributed by atoms with Crippen LogP contribution in [-0.2, 0) is 33.4 Å². The molecule has 0 radical (unpaired) electrons. The molecule has 0 saturated carbocycles. The average molecular weight is 444 g/mol. The van der Waals surface area contributed by atoms with E-state index in [1.54, 1.807) is 13.8 Å². The van der Waals surface area contributed by atoms with Crippen LogP contribution in [-0.4, -0.2) is 75.4 Å². The summed E-state index contributed by atoms with van der Waals surface area (Å²) in [5.41, 5.74) is 0.731. The summed E-state index contributed by atoms with van der Waals surface area (Å²) >= 11 is 0. The Kier molecular flexibility index (Phi) is 28.2. The standard InChI is InChI=1S/C8H15NO2.2C5H8O2.C4H6O2/c1-7(8(10)11)5-4-6-9(2)3;1-4(2)5(6)7-3;1-3-5(6)7-4-2;1-3-4(5)6-2/h1,4-6H2,2-3H3,(H,10,11);1H2,2-3H3;3H,1,4H2,2H3;3H,1H2,2H3. The number of aliphatic carboxylic acids is 1. The van der Waals surface area contributed by atoms with Gasteiger partial charge in [-0.05, 0) is 47.3 Å². The van der Waals surface area contributed by atoms with E-state index in [1.807, 2.05) is 19.0 Å². The van der Waals surface area contributed by atoms with Crippen molar-refractivity contribution in [3.05, 3.63) is 49.6 Å². The minimum absolute atomic E-state index is 0.298. The number of hydrogen-bond donors (Lipinski definition) is 1. The predicted octanol–water partition coefficient (Wildman–Crippen LogP) is 2.79. The number of esters is 3. The number of nitrogens with zero attached hydrogens (tertiary/aromatic N) is 1. The first-order chi connectivity index (χ1) is 14.3. The molecule has 9 heteroatoms. The van der Waals surface area contributed by atoms with Gasteiger partial charge in [0.2, 0.25) is 0 Å². The van der Waals surface area contributed by atoms with Crippen molar-refractivity contribution in [2.75, 3.05) is 41.5 Å². The molecule has 0 fully saturated rings. The van der Waals surface area contributed by atoms with Crippen LogP contribution in [0.1, 0.15) is 26.7 Å². The van der Waals surface area contributed by atoms with Crippen LogP contribution in [0.25, 0.3) is 0 Å². The van der Waals surface area contributed by atoms with Gasteiger partial charge in [0.05, 0.1) is 20.8 Å². The molecular weight excluding hydrogens is 406 g/mol. The number of ether oxygens (including phenoxy) is 3. The highest BCUT2D eigenvalue weighted by Crippen LogP contribution is 2.01. The van der Waals surface area contributed by atoms with E-state index < -0.39 is 11.9 Å². The summed E-state index contributed by atoms with van der Waals surface area (Å²) in [5.74, 6) is -1.98. The average Bonchev–Trinajstić information content (AvgIpc) is 2.73. The van der Waals surface area contributed by atoms with Crippen molar-refractivity contribution >= 4 is 23.9 Å². The van der Waals surface area contributed by atoms with Gasteiger partial charge in [-0.2, -0.15) is 0 Å². The van der Waals surface area contributed by atoms with Crippen LogP contribution >= 0.6 is 0 Å². The van der Waals surface area contributed by atoms with Crippen LogP contribution in [0.15, 0.2) is 49.6 Å². The second kappa shape index (κ2) is 24.8. The van der Waals surface area contributed by atoms with Crippen molar-refractivity contribution in [1.82, 2.24) is 4.90 Å². The fourth-order valence-corrected chi connectivity index (χ4v) is 1.17. The van der Waals surface area contributed by atoms with E-state index in [1.165, 1.54) is 14.2 Å². The zero-order valence-electron chi connectivity index (χ0n) is 19.6. The van der Waals surface area contributed by atoms with Crippen LogP contribution in [0.4, 0.5) is 0 Å². The minimum Gasteiger partial charge on any atom is -0.478 e. The summed E-state index contributed by atoms with van der Waals surface area (Å²) in [6, 6.07) is 0. The highest BCUT2D eigenvalue weighted by molar-refractivity contribution is 5.86. The molecule has 0 atom stereocenters. The number of carbonyl (C=O) groups is 4. The molecule has 9 nitrogen and oxygen atoms in total. The summed E-state index contributed by atoms with van der Waals surface area (Å²) in [5, 5.41) is 8.43. The van der Waals surface area contributed by atoms with Crippen molar-refractivity contribution in [3.8, 4) is 0 Å². The fraction of sp³-hybridized carbons (Fsp3) is 0.455. The summed E-state index contributed by atoms with van der Waals surface area (Å²) in [6.45, 7) is 17.8. The van der Waals surface area contributed by atoms with Crippen LogP contribution in [0.3, 0.4) is 0 Å². The lowest BCUT2D eigenvalue weighted by atomic mass is 10.1. The molecule has 0 rings (SSSR count). The molecule has 0 amide bonds. The molecule has 1 N–H and O–H groups in total. The first kappa shape index (κ1) is 35.3. The van der Waals surface area contributed by atoms with Gasteiger partial charge in [0.1, 0.15) is 0 Å². The molecule has 178 valence electrons. The number of carboxylic acids is 1. The molecule has 0 spiro atoms. The zero-order chi connectivity index (χ0) is 25.4. The van der Waals surface area contributed by atoms with Gasteiger partial charge in [-0.15, -0.1) is 0 Å². The maximum atomic E-state index is 10.3. The molecule has 0 saturated heterocycles. The molecule has 0 aromatic rings. The molecule has 0 aliphatic rings. The molecule has 0 heterocycles.